The summed E-state index contributed by atoms with van der Waals surface area (Å²) in [6.07, 6.45) is 1.80. The molecular weight excluding hydrogens is 307 g/mol. The summed E-state index contributed by atoms with van der Waals surface area (Å²) < 4.78 is 14.5. The van der Waals surface area contributed by atoms with Crippen molar-refractivity contribution in [2.75, 3.05) is 5.32 Å². The van der Waals surface area contributed by atoms with Crippen molar-refractivity contribution < 1.29 is 4.39 Å². The average molecular weight is 323 g/mol. The van der Waals surface area contributed by atoms with Crippen LogP contribution in [0, 0.1) is 19.7 Å². The molecule has 100 valence electrons. The molecule has 2 aromatic rings. The first kappa shape index (κ1) is 14.0. The summed E-state index contributed by atoms with van der Waals surface area (Å²) in [6.45, 7) is 5.73. The lowest BCUT2D eigenvalue weighted by Gasteiger charge is -2.16. The van der Waals surface area contributed by atoms with E-state index in [0.717, 1.165) is 21.4 Å². The minimum atomic E-state index is -0.179. The van der Waals surface area contributed by atoms with Gasteiger partial charge in [-0.1, -0.05) is 12.1 Å². The van der Waals surface area contributed by atoms with Crippen LogP contribution < -0.4 is 5.32 Å². The van der Waals surface area contributed by atoms with E-state index in [4.69, 9.17) is 0 Å². The van der Waals surface area contributed by atoms with E-state index < -0.39 is 0 Å². The van der Waals surface area contributed by atoms with Gasteiger partial charge in [-0.25, -0.2) is 9.37 Å². The maximum atomic E-state index is 13.6. The molecule has 0 bridgehead atoms. The number of hydrogen-bond donors (Lipinski definition) is 1. The zero-order valence-corrected chi connectivity index (χ0v) is 12.8. The second-order valence-electron chi connectivity index (χ2n) is 4.72. The Bertz CT molecular complexity index is 599. The Morgan fingerprint density at radius 2 is 2.00 bits per heavy atom. The first-order valence-electron chi connectivity index (χ1n) is 6.12. The molecule has 0 radical (unpaired) electrons. The third-order valence-electron chi connectivity index (χ3n) is 3.03. The van der Waals surface area contributed by atoms with Crippen LogP contribution in [0.15, 0.2) is 34.9 Å². The number of nitrogens with zero attached hydrogens (tertiary/aromatic N) is 1. The van der Waals surface area contributed by atoms with Crippen LogP contribution in [0.25, 0.3) is 0 Å². The van der Waals surface area contributed by atoms with Crippen molar-refractivity contribution in [3.05, 3.63) is 57.4 Å². The standard InChI is InChI=1S/C15H16BrFN2/c1-9-6-13(16)15(18-8-9)19-11(3)12-5-4-10(2)14(17)7-12/h4-8,11H,1-3H3,(H,18,19). The quantitative estimate of drug-likeness (QED) is 0.880. The molecule has 0 aliphatic heterocycles. The molecule has 1 aromatic carbocycles. The number of aryl methyl sites for hydroxylation is 2. The lowest BCUT2D eigenvalue weighted by molar-refractivity contribution is 0.614. The van der Waals surface area contributed by atoms with Crippen LogP contribution in [0.5, 0.6) is 0 Å². The molecule has 0 spiro atoms. The number of anilines is 1. The van der Waals surface area contributed by atoms with Gasteiger partial charge in [0.1, 0.15) is 11.6 Å². The zero-order chi connectivity index (χ0) is 14.0. The van der Waals surface area contributed by atoms with Gasteiger partial charge in [-0.3, -0.25) is 0 Å². The molecule has 0 aliphatic rings. The Morgan fingerprint density at radius 3 is 2.63 bits per heavy atom. The fourth-order valence-corrected chi connectivity index (χ4v) is 2.38. The molecular formula is C15H16BrFN2. The van der Waals surface area contributed by atoms with Crippen molar-refractivity contribution >= 4 is 21.7 Å². The van der Waals surface area contributed by atoms with E-state index in [1.807, 2.05) is 26.0 Å². The van der Waals surface area contributed by atoms with Crippen LogP contribution in [0.1, 0.15) is 29.7 Å². The summed E-state index contributed by atoms with van der Waals surface area (Å²) in [5.41, 5.74) is 2.65. The molecule has 1 N–H and O–H groups in total. The molecule has 1 atom stereocenters. The Hall–Kier alpha value is -1.42. The highest BCUT2D eigenvalue weighted by Crippen LogP contribution is 2.25. The summed E-state index contributed by atoms with van der Waals surface area (Å²) in [4.78, 5) is 4.33. The highest BCUT2D eigenvalue weighted by molar-refractivity contribution is 9.10. The molecule has 2 rings (SSSR count). The second kappa shape index (κ2) is 5.70. The molecule has 1 aromatic heterocycles. The van der Waals surface area contributed by atoms with Gasteiger partial charge in [-0.2, -0.15) is 0 Å². The van der Waals surface area contributed by atoms with Crippen molar-refractivity contribution in [2.24, 2.45) is 0 Å². The number of aromatic nitrogens is 1. The minimum absolute atomic E-state index is 0.0124. The van der Waals surface area contributed by atoms with Crippen molar-refractivity contribution in [3.8, 4) is 0 Å². The van der Waals surface area contributed by atoms with Crippen LogP contribution in [-0.4, -0.2) is 4.98 Å². The van der Waals surface area contributed by atoms with Gasteiger partial charge >= 0.3 is 0 Å². The summed E-state index contributed by atoms with van der Waals surface area (Å²) in [5, 5.41) is 3.28. The summed E-state index contributed by atoms with van der Waals surface area (Å²) in [6, 6.07) is 7.27. The summed E-state index contributed by atoms with van der Waals surface area (Å²) >= 11 is 3.48. The van der Waals surface area contributed by atoms with E-state index in [-0.39, 0.29) is 11.9 Å². The molecule has 0 saturated heterocycles. The van der Waals surface area contributed by atoms with Crippen LogP contribution >= 0.6 is 15.9 Å². The number of pyridine rings is 1. The third kappa shape index (κ3) is 3.32. The van der Waals surface area contributed by atoms with E-state index in [1.54, 1.807) is 25.3 Å². The fraction of sp³-hybridized carbons (Fsp3) is 0.267. The number of halogens is 2. The lowest BCUT2D eigenvalue weighted by Crippen LogP contribution is -2.09. The van der Waals surface area contributed by atoms with Gasteiger partial charge in [0.15, 0.2) is 0 Å². The van der Waals surface area contributed by atoms with E-state index >= 15 is 0 Å². The normalized spacial score (nSPS) is 12.3. The van der Waals surface area contributed by atoms with Crippen LogP contribution in [0.2, 0.25) is 0 Å². The highest BCUT2D eigenvalue weighted by atomic mass is 79.9. The maximum Gasteiger partial charge on any atom is 0.140 e. The minimum Gasteiger partial charge on any atom is -0.363 e. The molecule has 1 unspecified atom stereocenters. The van der Waals surface area contributed by atoms with Crippen LogP contribution in [0.4, 0.5) is 10.2 Å². The summed E-state index contributed by atoms with van der Waals surface area (Å²) in [5.74, 6) is 0.584. The Morgan fingerprint density at radius 1 is 1.26 bits per heavy atom. The third-order valence-corrected chi connectivity index (χ3v) is 3.63. The van der Waals surface area contributed by atoms with E-state index in [0.29, 0.717) is 5.56 Å². The first-order valence-corrected chi connectivity index (χ1v) is 6.91. The van der Waals surface area contributed by atoms with Gasteiger partial charge in [0.2, 0.25) is 0 Å². The second-order valence-corrected chi connectivity index (χ2v) is 5.57. The Balaban J connectivity index is 2.20. The average Bonchev–Trinajstić information content (AvgIpc) is 2.36. The molecule has 4 heteroatoms. The number of nitrogens with one attached hydrogen (secondary N) is 1. The molecule has 0 fully saturated rings. The molecule has 2 nitrogen and oxygen atoms in total. The number of hydrogen-bond acceptors (Lipinski definition) is 2. The number of benzene rings is 1. The van der Waals surface area contributed by atoms with E-state index in [9.17, 15) is 4.39 Å². The van der Waals surface area contributed by atoms with Crippen molar-refractivity contribution in [1.82, 2.24) is 4.98 Å². The fourth-order valence-electron chi connectivity index (χ4n) is 1.81. The van der Waals surface area contributed by atoms with Crippen molar-refractivity contribution in [2.45, 2.75) is 26.8 Å². The highest BCUT2D eigenvalue weighted by Gasteiger charge is 2.10. The lowest BCUT2D eigenvalue weighted by atomic mass is 10.1. The first-order chi connectivity index (χ1) is 8.97. The van der Waals surface area contributed by atoms with Gasteiger partial charge in [0.25, 0.3) is 0 Å². The van der Waals surface area contributed by atoms with Crippen LogP contribution in [0.3, 0.4) is 0 Å². The van der Waals surface area contributed by atoms with Gasteiger partial charge in [0.05, 0.1) is 10.5 Å². The number of rotatable bonds is 3. The van der Waals surface area contributed by atoms with E-state index in [1.165, 1.54) is 0 Å². The molecule has 0 saturated carbocycles. The molecule has 1 heterocycles. The summed E-state index contributed by atoms with van der Waals surface area (Å²) in [7, 11) is 0. The Labute approximate surface area is 121 Å². The monoisotopic (exact) mass is 322 g/mol. The largest absolute Gasteiger partial charge is 0.363 e. The molecule has 0 aliphatic carbocycles. The van der Waals surface area contributed by atoms with Crippen molar-refractivity contribution in [1.29, 1.82) is 0 Å². The van der Waals surface area contributed by atoms with Crippen molar-refractivity contribution in [3.63, 3.8) is 0 Å². The van der Waals surface area contributed by atoms with Crippen LogP contribution in [-0.2, 0) is 0 Å². The van der Waals surface area contributed by atoms with Gasteiger partial charge in [-0.05, 0) is 65.5 Å². The van der Waals surface area contributed by atoms with E-state index in [2.05, 4.69) is 26.2 Å². The predicted octanol–water partition coefficient (Wildman–Crippen LogP) is 4.77. The van der Waals surface area contributed by atoms with Gasteiger partial charge in [-0.15, -0.1) is 0 Å². The SMILES string of the molecule is Cc1cnc(NC(C)c2ccc(C)c(F)c2)c(Br)c1. The smallest absolute Gasteiger partial charge is 0.140 e. The van der Waals surface area contributed by atoms with Gasteiger partial charge in [0, 0.05) is 6.20 Å². The topological polar surface area (TPSA) is 24.9 Å². The predicted molar refractivity (Wildman–Crippen MR) is 79.8 cm³/mol. The maximum absolute atomic E-state index is 13.6. The van der Waals surface area contributed by atoms with Gasteiger partial charge < -0.3 is 5.32 Å². The Kier molecular flexibility index (Phi) is 4.20. The molecule has 19 heavy (non-hydrogen) atoms. The zero-order valence-electron chi connectivity index (χ0n) is 11.2. The molecule has 0 amide bonds.